The summed E-state index contributed by atoms with van der Waals surface area (Å²) in [5.41, 5.74) is 1.85. The third-order valence-electron chi connectivity index (χ3n) is 3.60. The second-order valence-electron chi connectivity index (χ2n) is 5.42. The van der Waals surface area contributed by atoms with Crippen molar-refractivity contribution in [3.05, 3.63) is 76.2 Å². The Morgan fingerprint density at radius 1 is 1.16 bits per heavy atom. The van der Waals surface area contributed by atoms with E-state index in [1.54, 1.807) is 6.92 Å². The maximum Gasteiger partial charge on any atom is 0.269 e. The molecule has 0 bridgehead atoms. The molecule has 1 aromatic heterocycles. The number of hydrogen-bond acceptors (Lipinski definition) is 5. The van der Waals surface area contributed by atoms with Crippen LogP contribution in [0.1, 0.15) is 11.5 Å². The van der Waals surface area contributed by atoms with Crippen LogP contribution in [0, 0.1) is 17.0 Å². The number of non-ortho nitro benzene ring substituents is 1. The largest absolute Gasteiger partial charge is 0.441 e. The van der Waals surface area contributed by atoms with E-state index in [0.29, 0.717) is 23.0 Å². The maximum absolute atomic E-state index is 12.2. The lowest BCUT2D eigenvalue weighted by Gasteiger charge is -2.03. The minimum Gasteiger partial charge on any atom is -0.441 e. The minimum atomic E-state index is -0.491. The topological polar surface area (TPSA) is 98.3 Å². The summed E-state index contributed by atoms with van der Waals surface area (Å²) in [4.78, 5) is 26.7. The summed E-state index contributed by atoms with van der Waals surface area (Å²) in [5, 5.41) is 13.3. The molecule has 0 unspecified atom stereocenters. The lowest BCUT2D eigenvalue weighted by Crippen LogP contribution is -2.15. The van der Waals surface area contributed by atoms with Crippen LogP contribution in [0.25, 0.3) is 11.5 Å². The van der Waals surface area contributed by atoms with Gasteiger partial charge in [-0.3, -0.25) is 14.9 Å². The summed E-state index contributed by atoms with van der Waals surface area (Å²) >= 11 is 0. The number of aromatic nitrogens is 1. The van der Waals surface area contributed by atoms with Gasteiger partial charge in [0.2, 0.25) is 11.8 Å². The van der Waals surface area contributed by atoms with Gasteiger partial charge >= 0.3 is 0 Å². The van der Waals surface area contributed by atoms with Gasteiger partial charge < -0.3 is 9.73 Å². The fourth-order valence-electron chi connectivity index (χ4n) is 2.32. The number of nitrogens with zero attached hydrogens (tertiary/aromatic N) is 2. The first kappa shape index (κ1) is 16.4. The number of benzene rings is 2. The van der Waals surface area contributed by atoms with Crippen molar-refractivity contribution in [2.75, 3.05) is 5.32 Å². The molecule has 2 aromatic carbocycles. The van der Waals surface area contributed by atoms with Crippen molar-refractivity contribution in [3.8, 4) is 11.5 Å². The molecule has 1 heterocycles. The van der Waals surface area contributed by atoms with E-state index < -0.39 is 4.92 Å². The van der Waals surface area contributed by atoms with E-state index in [4.69, 9.17) is 4.42 Å². The fourth-order valence-corrected chi connectivity index (χ4v) is 2.32. The number of hydrogen-bond donors (Lipinski definition) is 1. The maximum atomic E-state index is 12.2. The lowest BCUT2D eigenvalue weighted by atomic mass is 10.2. The Morgan fingerprint density at radius 2 is 1.84 bits per heavy atom. The van der Waals surface area contributed by atoms with Crippen molar-refractivity contribution in [2.24, 2.45) is 0 Å². The molecule has 0 radical (unpaired) electrons. The van der Waals surface area contributed by atoms with E-state index >= 15 is 0 Å². The molecule has 0 saturated heterocycles. The van der Waals surface area contributed by atoms with Gasteiger partial charge in [-0.15, -0.1) is 0 Å². The first-order valence-electron chi connectivity index (χ1n) is 7.59. The van der Waals surface area contributed by atoms with Crippen LogP contribution in [-0.2, 0) is 11.2 Å². The van der Waals surface area contributed by atoms with Crippen LogP contribution < -0.4 is 5.32 Å². The summed E-state index contributed by atoms with van der Waals surface area (Å²) in [5.74, 6) is 0.777. The van der Waals surface area contributed by atoms with Crippen molar-refractivity contribution < 1.29 is 14.1 Å². The molecule has 126 valence electrons. The van der Waals surface area contributed by atoms with E-state index in [0.717, 1.165) is 5.56 Å². The Hall–Kier alpha value is -3.48. The van der Waals surface area contributed by atoms with Crippen LogP contribution in [0.2, 0.25) is 0 Å². The minimum absolute atomic E-state index is 0.0298. The van der Waals surface area contributed by atoms with Crippen LogP contribution in [0.4, 0.5) is 11.4 Å². The van der Waals surface area contributed by atoms with Gasteiger partial charge in [0.25, 0.3) is 5.69 Å². The SMILES string of the molecule is Cc1oc(-c2ccccc2)nc1CC(=O)Nc1ccc([N+](=O)[O-])cc1. The Kier molecular flexibility index (Phi) is 4.56. The summed E-state index contributed by atoms with van der Waals surface area (Å²) in [6.07, 6.45) is 0.0547. The summed E-state index contributed by atoms with van der Waals surface area (Å²) in [7, 11) is 0. The third-order valence-corrected chi connectivity index (χ3v) is 3.60. The third kappa shape index (κ3) is 3.89. The second-order valence-corrected chi connectivity index (χ2v) is 5.42. The van der Waals surface area contributed by atoms with E-state index in [1.165, 1.54) is 24.3 Å². The highest BCUT2D eigenvalue weighted by Gasteiger charge is 2.15. The van der Waals surface area contributed by atoms with Crippen LogP contribution in [0.5, 0.6) is 0 Å². The van der Waals surface area contributed by atoms with Crippen LogP contribution in [0.15, 0.2) is 59.0 Å². The van der Waals surface area contributed by atoms with E-state index in [-0.39, 0.29) is 18.0 Å². The van der Waals surface area contributed by atoms with Crippen molar-refractivity contribution in [2.45, 2.75) is 13.3 Å². The van der Waals surface area contributed by atoms with Crippen LogP contribution >= 0.6 is 0 Å². The zero-order valence-corrected chi connectivity index (χ0v) is 13.4. The molecule has 25 heavy (non-hydrogen) atoms. The average molecular weight is 337 g/mol. The van der Waals surface area contributed by atoms with Gasteiger partial charge in [-0.25, -0.2) is 4.98 Å². The zero-order valence-electron chi connectivity index (χ0n) is 13.4. The normalized spacial score (nSPS) is 10.4. The molecule has 0 atom stereocenters. The smallest absolute Gasteiger partial charge is 0.269 e. The number of carbonyl (C=O) groups excluding carboxylic acids is 1. The van der Waals surface area contributed by atoms with E-state index in [2.05, 4.69) is 10.3 Å². The fraction of sp³-hybridized carbons (Fsp3) is 0.111. The predicted octanol–water partition coefficient (Wildman–Crippen LogP) is 3.74. The number of nitrogens with one attached hydrogen (secondary N) is 1. The first-order chi connectivity index (χ1) is 12.0. The zero-order chi connectivity index (χ0) is 17.8. The standard InChI is InChI=1S/C18H15N3O4/c1-12-16(20-18(25-12)13-5-3-2-4-6-13)11-17(22)19-14-7-9-15(10-8-14)21(23)24/h2-10H,11H2,1H3,(H,19,22). The predicted molar refractivity (Wildman–Crippen MR) is 92.1 cm³/mol. The molecule has 3 rings (SSSR count). The van der Waals surface area contributed by atoms with E-state index in [1.807, 2.05) is 30.3 Å². The molecule has 0 saturated carbocycles. The number of amides is 1. The van der Waals surface area contributed by atoms with Gasteiger partial charge in [0.05, 0.1) is 17.0 Å². The highest BCUT2D eigenvalue weighted by atomic mass is 16.6. The summed E-state index contributed by atoms with van der Waals surface area (Å²) in [6, 6.07) is 15.1. The number of oxazole rings is 1. The van der Waals surface area contributed by atoms with Gasteiger partial charge in [-0.1, -0.05) is 18.2 Å². The first-order valence-corrected chi connectivity index (χ1v) is 7.59. The number of aryl methyl sites for hydroxylation is 1. The summed E-state index contributed by atoms with van der Waals surface area (Å²) in [6.45, 7) is 1.76. The average Bonchev–Trinajstić information content (AvgIpc) is 2.97. The number of nitro groups is 1. The molecule has 0 fully saturated rings. The molecule has 0 aliphatic carbocycles. The molecule has 7 nitrogen and oxygen atoms in total. The number of carbonyl (C=O) groups is 1. The van der Waals surface area contributed by atoms with Crippen LogP contribution in [0.3, 0.4) is 0 Å². The summed E-state index contributed by atoms with van der Waals surface area (Å²) < 4.78 is 5.63. The number of nitro benzene ring substituents is 1. The van der Waals surface area contributed by atoms with Crippen molar-refractivity contribution in [1.29, 1.82) is 0 Å². The quantitative estimate of drug-likeness (QED) is 0.565. The molecule has 0 aliphatic heterocycles. The molecule has 3 aromatic rings. The molecular formula is C18H15N3O4. The molecule has 1 N–H and O–H groups in total. The molecule has 1 amide bonds. The van der Waals surface area contributed by atoms with Crippen molar-refractivity contribution in [3.63, 3.8) is 0 Å². The lowest BCUT2D eigenvalue weighted by molar-refractivity contribution is -0.384. The number of anilines is 1. The Balaban J connectivity index is 1.69. The van der Waals surface area contributed by atoms with Gasteiger partial charge in [0, 0.05) is 23.4 Å². The van der Waals surface area contributed by atoms with E-state index in [9.17, 15) is 14.9 Å². The van der Waals surface area contributed by atoms with Gasteiger partial charge in [-0.05, 0) is 31.2 Å². The van der Waals surface area contributed by atoms with Crippen LogP contribution in [-0.4, -0.2) is 15.8 Å². The van der Waals surface area contributed by atoms with Gasteiger partial charge in [0.1, 0.15) is 5.76 Å². The van der Waals surface area contributed by atoms with Crippen molar-refractivity contribution >= 4 is 17.3 Å². The molecule has 7 heteroatoms. The van der Waals surface area contributed by atoms with Gasteiger partial charge in [-0.2, -0.15) is 0 Å². The van der Waals surface area contributed by atoms with Crippen molar-refractivity contribution in [1.82, 2.24) is 4.98 Å². The molecule has 0 spiro atoms. The molecular weight excluding hydrogens is 322 g/mol. The Labute approximate surface area is 143 Å². The van der Waals surface area contributed by atoms with Gasteiger partial charge in [0.15, 0.2) is 0 Å². The highest BCUT2D eigenvalue weighted by molar-refractivity contribution is 5.92. The molecule has 0 aliphatic rings. The Bertz CT molecular complexity index is 902. The number of rotatable bonds is 5. The Morgan fingerprint density at radius 3 is 2.48 bits per heavy atom. The second kappa shape index (κ2) is 6.96. The monoisotopic (exact) mass is 337 g/mol. The highest BCUT2D eigenvalue weighted by Crippen LogP contribution is 2.22.